The van der Waals surface area contributed by atoms with Crippen LogP contribution in [0.25, 0.3) is 10.9 Å². The largest absolute Gasteiger partial charge is 0.325 e. The molecule has 0 unspecified atom stereocenters. The molecule has 1 aromatic heterocycles. The second-order valence-electron chi connectivity index (χ2n) is 5.79. The van der Waals surface area contributed by atoms with E-state index in [1.54, 1.807) is 48.5 Å². The number of thioether (sulfide) groups is 1. The van der Waals surface area contributed by atoms with Crippen molar-refractivity contribution in [2.75, 3.05) is 11.1 Å². The van der Waals surface area contributed by atoms with Crippen molar-refractivity contribution in [3.63, 3.8) is 0 Å². The van der Waals surface area contributed by atoms with Crippen molar-refractivity contribution in [3.8, 4) is 6.07 Å². The standard InChI is InChI=1S/C20H15ClN4O2S/c1-2-8-25-19(27)16-10-14(21)6-7-17(16)24-20(25)28-12-18(26)23-15-5-3-4-13(9-15)11-22/h2-7,9-10H,1,8,12H2,(H,23,26). The van der Waals surface area contributed by atoms with E-state index >= 15 is 0 Å². The summed E-state index contributed by atoms with van der Waals surface area (Å²) in [6.45, 7) is 3.94. The summed E-state index contributed by atoms with van der Waals surface area (Å²) < 4.78 is 1.46. The number of fused-ring (bicyclic) bond motifs is 1. The zero-order chi connectivity index (χ0) is 20.1. The lowest BCUT2D eigenvalue weighted by atomic mass is 10.2. The fraction of sp³-hybridized carbons (Fsp3) is 0.100. The minimum absolute atomic E-state index is 0.0550. The Balaban J connectivity index is 1.83. The lowest BCUT2D eigenvalue weighted by Gasteiger charge is -2.11. The van der Waals surface area contributed by atoms with Crippen LogP contribution in [0.2, 0.25) is 5.02 Å². The molecule has 0 aliphatic carbocycles. The minimum Gasteiger partial charge on any atom is -0.325 e. The maximum atomic E-state index is 12.8. The summed E-state index contributed by atoms with van der Waals surface area (Å²) in [6, 6.07) is 13.6. The Hall–Kier alpha value is -3.08. The number of aromatic nitrogens is 2. The fourth-order valence-corrected chi connectivity index (χ4v) is 3.55. The van der Waals surface area contributed by atoms with Gasteiger partial charge in [-0.05, 0) is 36.4 Å². The molecule has 28 heavy (non-hydrogen) atoms. The first kappa shape index (κ1) is 19.7. The summed E-state index contributed by atoms with van der Waals surface area (Å²) in [4.78, 5) is 29.5. The van der Waals surface area contributed by atoms with Gasteiger partial charge in [0.05, 0.1) is 28.3 Å². The van der Waals surface area contributed by atoms with Gasteiger partial charge in [0.1, 0.15) is 0 Å². The van der Waals surface area contributed by atoms with Crippen molar-refractivity contribution in [2.24, 2.45) is 0 Å². The van der Waals surface area contributed by atoms with Gasteiger partial charge in [-0.2, -0.15) is 5.26 Å². The summed E-state index contributed by atoms with van der Waals surface area (Å²) in [5.74, 6) is -0.213. The van der Waals surface area contributed by atoms with Gasteiger partial charge >= 0.3 is 0 Å². The zero-order valence-electron chi connectivity index (χ0n) is 14.7. The van der Waals surface area contributed by atoms with Crippen LogP contribution in [-0.2, 0) is 11.3 Å². The van der Waals surface area contributed by atoms with Crippen LogP contribution in [0.1, 0.15) is 5.56 Å². The van der Waals surface area contributed by atoms with Gasteiger partial charge in [-0.25, -0.2) is 4.98 Å². The number of allylic oxidation sites excluding steroid dienone is 1. The van der Waals surface area contributed by atoms with Crippen molar-refractivity contribution in [3.05, 3.63) is 76.1 Å². The number of benzene rings is 2. The quantitative estimate of drug-likeness (QED) is 0.379. The Morgan fingerprint density at radius 2 is 2.18 bits per heavy atom. The number of anilines is 1. The second kappa shape index (κ2) is 8.74. The predicted octanol–water partition coefficient (Wildman–Crippen LogP) is 3.84. The molecule has 0 bridgehead atoms. The first-order valence-electron chi connectivity index (χ1n) is 8.25. The molecule has 0 radical (unpaired) electrons. The molecule has 8 heteroatoms. The van der Waals surface area contributed by atoms with Crippen molar-refractivity contribution >= 4 is 45.9 Å². The number of hydrogen-bond donors (Lipinski definition) is 1. The van der Waals surface area contributed by atoms with E-state index in [-0.39, 0.29) is 23.8 Å². The van der Waals surface area contributed by atoms with E-state index in [0.717, 1.165) is 11.8 Å². The number of carbonyl (C=O) groups excluding carboxylic acids is 1. The molecule has 1 amide bonds. The Bertz CT molecular complexity index is 1170. The molecule has 3 aromatic rings. The molecule has 140 valence electrons. The molecule has 3 rings (SSSR count). The van der Waals surface area contributed by atoms with E-state index in [4.69, 9.17) is 16.9 Å². The first-order chi connectivity index (χ1) is 13.5. The van der Waals surface area contributed by atoms with E-state index in [9.17, 15) is 9.59 Å². The first-order valence-corrected chi connectivity index (χ1v) is 9.62. The van der Waals surface area contributed by atoms with Crippen LogP contribution in [0.3, 0.4) is 0 Å². The topological polar surface area (TPSA) is 87.8 Å². The third-order valence-corrected chi connectivity index (χ3v) is 5.01. The van der Waals surface area contributed by atoms with E-state index in [1.165, 1.54) is 4.57 Å². The van der Waals surface area contributed by atoms with Crippen molar-refractivity contribution < 1.29 is 4.79 Å². The maximum Gasteiger partial charge on any atom is 0.262 e. The van der Waals surface area contributed by atoms with Crippen molar-refractivity contribution in [1.29, 1.82) is 5.26 Å². The van der Waals surface area contributed by atoms with Crippen LogP contribution < -0.4 is 10.9 Å². The van der Waals surface area contributed by atoms with Crippen LogP contribution in [0.4, 0.5) is 5.69 Å². The summed E-state index contributed by atoms with van der Waals surface area (Å²) in [7, 11) is 0. The molecule has 1 heterocycles. The van der Waals surface area contributed by atoms with Gasteiger partial charge in [0, 0.05) is 17.3 Å². The third-order valence-electron chi connectivity index (χ3n) is 3.80. The Morgan fingerprint density at radius 3 is 2.93 bits per heavy atom. The lowest BCUT2D eigenvalue weighted by molar-refractivity contribution is -0.113. The van der Waals surface area contributed by atoms with Crippen LogP contribution >= 0.6 is 23.4 Å². The molecule has 0 spiro atoms. The van der Waals surface area contributed by atoms with Crippen LogP contribution in [0.15, 0.2) is 65.1 Å². The molecule has 1 N–H and O–H groups in total. The molecular formula is C20H15ClN4O2S. The number of rotatable bonds is 6. The predicted molar refractivity (Wildman–Crippen MR) is 112 cm³/mol. The highest BCUT2D eigenvalue weighted by atomic mass is 35.5. The summed E-state index contributed by atoms with van der Waals surface area (Å²) in [5.41, 5.74) is 1.27. The smallest absolute Gasteiger partial charge is 0.262 e. The number of halogens is 1. The SMILES string of the molecule is C=CCn1c(SCC(=O)Nc2cccc(C#N)c2)nc2ccc(Cl)cc2c1=O. The normalized spacial score (nSPS) is 10.4. The van der Waals surface area contributed by atoms with Crippen molar-refractivity contribution in [2.45, 2.75) is 11.7 Å². The number of hydrogen-bond acceptors (Lipinski definition) is 5. The maximum absolute atomic E-state index is 12.8. The highest BCUT2D eigenvalue weighted by molar-refractivity contribution is 7.99. The van der Waals surface area contributed by atoms with Gasteiger partial charge in [0.15, 0.2) is 5.16 Å². The van der Waals surface area contributed by atoms with Gasteiger partial charge in [-0.3, -0.25) is 14.2 Å². The van der Waals surface area contributed by atoms with Gasteiger partial charge in [-0.1, -0.05) is 35.5 Å². The number of nitrogens with zero attached hydrogens (tertiary/aromatic N) is 3. The van der Waals surface area contributed by atoms with Crippen LogP contribution in [0.5, 0.6) is 0 Å². The second-order valence-corrected chi connectivity index (χ2v) is 7.17. The van der Waals surface area contributed by atoms with E-state index < -0.39 is 0 Å². The van der Waals surface area contributed by atoms with E-state index in [0.29, 0.717) is 32.3 Å². The van der Waals surface area contributed by atoms with Gasteiger partial charge in [0.25, 0.3) is 5.56 Å². The van der Waals surface area contributed by atoms with Crippen LogP contribution in [0, 0.1) is 11.3 Å². The number of carbonyl (C=O) groups is 1. The number of nitriles is 1. The summed E-state index contributed by atoms with van der Waals surface area (Å²) in [5, 5.41) is 13.0. The monoisotopic (exact) mass is 410 g/mol. The highest BCUT2D eigenvalue weighted by Crippen LogP contribution is 2.21. The molecular weight excluding hydrogens is 396 g/mol. The van der Waals surface area contributed by atoms with Gasteiger partial charge < -0.3 is 5.32 Å². The van der Waals surface area contributed by atoms with Crippen molar-refractivity contribution in [1.82, 2.24) is 9.55 Å². The molecule has 0 aliphatic heterocycles. The Kier molecular flexibility index (Phi) is 6.14. The van der Waals surface area contributed by atoms with Crippen LogP contribution in [-0.4, -0.2) is 21.2 Å². The summed E-state index contributed by atoms with van der Waals surface area (Å²) >= 11 is 7.14. The molecule has 0 aliphatic rings. The molecule has 0 saturated carbocycles. The summed E-state index contributed by atoms with van der Waals surface area (Å²) in [6.07, 6.45) is 1.59. The van der Waals surface area contributed by atoms with Gasteiger partial charge in [0.2, 0.25) is 5.91 Å². The third kappa shape index (κ3) is 4.42. The molecule has 2 aromatic carbocycles. The molecule has 0 fully saturated rings. The zero-order valence-corrected chi connectivity index (χ0v) is 16.3. The number of nitrogens with one attached hydrogen (secondary N) is 1. The minimum atomic E-state index is -0.268. The average molecular weight is 411 g/mol. The average Bonchev–Trinajstić information content (AvgIpc) is 2.69. The van der Waals surface area contributed by atoms with E-state index in [2.05, 4.69) is 16.9 Å². The highest BCUT2D eigenvalue weighted by Gasteiger charge is 2.13. The fourth-order valence-electron chi connectivity index (χ4n) is 2.57. The number of amides is 1. The molecule has 6 nitrogen and oxygen atoms in total. The Morgan fingerprint density at radius 1 is 1.36 bits per heavy atom. The molecule has 0 saturated heterocycles. The van der Waals surface area contributed by atoms with E-state index in [1.807, 2.05) is 6.07 Å². The van der Waals surface area contributed by atoms with Gasteiger partial charge in [-0.15, -0.1) is 6.58 Å². The Labute approximate surface area is 170 Å². The lowest BCUT2D eigenvalue weighted by Crippen LogP contribution is -2.23. The molecule has 0 atom stereocenters.